The molecule has 5 rings (SSSR count). The van der Waals surface area contributed by atoms with Gasteiger partial charge in [-0.3, -0.25) is 9.59 Å². The van der Waals surface area contributed by atoms with Crippen LogP contribution >= 0.6 is 11.8 Å². The molecule has 3 aromatic carbocycles. The molecule has 1 aliphatic heterocycles. The minimum Gasteiger partial charge on any atom is -0.453 e. The second-order valence-corrected chi connectivity index (χ2v) is 11.5. The van der Waals surface area contributed by atoms with Crippen molar-refractivity contribution in [3.63, 3.8) is 0 Å². The first-order valence-electron chi connectivity index (χ1n) is 14.3. The number of rotatable bonds is 11. The Bertz CT molecular complexity index is 1580. The van der Waals surface area contributed by atoms with Gasteiger partial charge in [-0.25, -0.2) is 4.68 Å². The van der Waals surface area contributed by atoms with Crippen LogP contribution in [0.15, 0.2) is 78.0 Å². The number of aliphatic hydroxyl groups is 1. The number of esters is 1. The Morgan fingerprint density at radius 3 is 2.50 bits per heavy atom. The fraction of sp³-hybridized carbons (Fsp3) is 0.344. The van der Waals surface area contributed by atoms with Crippen LogP contribution in [0.4, 0.5) is 0 Å². The summed E-state index contributed by atoms with van der Waals surface area (Å²) in [4.78, 5) is 23.5. The molecule has 1 aromatic heterocycles. The molecule has 1 amide bonds. The average molecular weight is 618 g/mol. The number of nitrogens with one attached hydrogen (secondary N) is 1. The number of nitrogens with zero attached hydrogens (tertiary/aromatic N) is 4. The van der Waals surface area contributed by atoms with Gasteiger partial charge in [-0.15, -0.1) is 5.10 Å². The summed E-state index contributed by atoms with van der Waals surface area (Å²) < 4.78 is 19.6. The van der Waals surface area contributed by atoms with Gasteiger partial charge in [0.1, 0.15) is 0 Å². The van der Waals surface area contributed by atoms with Crippen molar-refractivity contribution in [1.82, 2.24) is 25.5 Å². The van der Waals surface area contributed by atoms with Gasteiger partial charge in [0.25, 0.3) is 5.91 Å². The van der Waals surface area contributed by atoms with E-state index < -0.39 is 18.4 Å². The smallest absolute Gasteiger partial charge is 0.303 e. The largest absolute Gasteiger partial charge is 0.453 e. The predicted octanol–water partition coefficient (Wildman–Crippen LogP) is 4.27. The third kappa shape index (κ3) is 8.08. The maximum atomic E-state index is 12.3. The predicted molar refractivity (Wildman–Crippen MR) is 163 cm³/mol. The zero-order valence-electron chi connectivity index (χ0n) is 24.8. The molecule has 4 aromatic rings. The fourth-order valence-corrected chi connectivity index (χ4v) is 5.76. The lowest BCUT2D eigenvalue weighted by atomic mass is 9.99. The number of benzene rings is 3. The van der Waals surface area contributed by atoms with E-state index in [-0.39, 0.29) is 24.7 Å². The highest BCUT2D eigenvalue weighted by Crippen LogP contribution is 2.40. The highest BCUT2D eigenvalue weighted by molar-refractivity contribution is 7.99. The summed E-state index contributed by atoms with van der Waals surface area (Å²) in [5.41, 5.74) is 5.58. The van der Waals surface area contributed by atoms with Crippen LogP contribution in [0, 0.1) is 0 Å². The number of tetrazole rings is 1. The van der Waals surface area contributed by atoms with E-state index in [1.807, 2.05) is 66.7 Å². The van der Waals surface area contributed by atoms with Gasteiger partial charge in [-0.1, -0.05) is 72.4 Å². The van der Waals surface area contributed by atoms with E-state index in [1.54, 1.807) is 18.7 Å². The van der Waals surface area contributed by atoms with Crippen LogP contribution in [0.5, 0.6) is 0 Å². The van der Waals surface area contributed by atoms with Crippen LogP contribution in [-0.4, -0.2) is 55.2 Å². The number of ether oxygens (including phenoxy) is 3. The number of aliphatic hydroxyl groups excluding tert-OH is 1. The molecular formula is C32H35N5O6S. The van der Waals surface area contributed by atoms with Crippen LogP contribution in [0.25, 0.3) is 11.1 Å². The summed E-state index contributed by atoms with van der Waals surface area (Å²) in [7, 11) is 1.81. The molecule has 230 valence electrons. The van der Waals surface area contributed by atoms with Crippen LogP contribution in [-0.2, 0) is 44.0 Å². The van der Waals surface area contributed by atoms with Gasteiger partial charge < -0.3 is 24.6 Å². The van der Waals surface area contributed by atoms with Gasteiger partial charge >= 0.3 is 5.97 Å². The number of hydrogen-bond donors (Lipinski definition) is 2. The maximum Gasteiger partial charge on any atom is 0.303 e. The summed E-state index contributed by atoms with van der Waals surface area (Å²) in [5.74, 6) is -0.217. The first kappa shape index (κ1) is 31.3. The van der Waals surface area contributed by atoms with Crippen molar-refractivity contribution in [1.29, 1.82) is 0 Å². The van der Waals surface area contributed by atoms with E-state index in [0.717, 1.165) is 33.4 Å². The molecule has 0 spiro atoms. The molecule has 0 radical (unpaired) electrons. The van der Waals surface area contributed by atoms with E-state index >= 15 is 0 Å². The van der Waals surface area contributed by atoms with Crippen molar-refractivity contribution in [2.75, 3.05) is 5.75 Å². The first-order chi connectivity index (χ1) is 21.3. The van der Waals surface area contributed by atoms with Crippen molar-refractivity contribution >= 4 is 23.6 Å². The maximum absolute atomic E-state index is 12.3. The number of aryl methyl sites for hydroxylation is 1. The lowest BCUT2D eigenvalue weighted by molar-refractivity contribution is -0.245. The highest BCUT2D eigenvalue weighted by atomic mass is 32.2. The Hall–Kier alpha value is -4.10. The molecule has 12 heteroatoms. The van der Waals surface area contributed by atoms with Crippen LogP contribution in [0.3, 0.4) is 0 Å². The molecule has 44 heavy (non-hydrogen) atoms. The van der Waals surface area contributed by atoms with Crippen molar-refractivity contribution in [3.8, 4) is 11.1 Å². The minimum absolute atomic E-state index is 0.0176. The molecule has 1 aliphatic rings. The zero-order valence-corrected chi connectivity index (χ0v) is 25.6. The van der Waals surface area contributed by atoms with E-state index in [4.69, 9.17) is 14.2 Å². The van der Waals surface area contributed by atoms with E-state index in [1.165, 1.54) is 18.7 Å². The number of amides is 1. The molecule has 2 N–H and O–H groups in total. The number of thioether (sulfide) groups is 1. The lowest BCUT2D eigenvalue weighted by Crippen LogP contribution is -2.35. The van der Waals surface area contributed by atoms with Gasteiger partial charge in [0.2, 0.25) is 5.16 Å². The van der Waals surface area contributed by atoms with Gasteiger partial charge in [0.05, 0.1) is 18.8 Å². The normalized spacial score (nSPS) is 18.9. The van der Waals surface area contributed by atoms with E-state index in [0.29, 0.717) is 23.9 Å². The minimum atomic E-state index is -0.862. The number of carbonyl (C=O) groups excluding carboxylic acids is 2. The van der Waals surface area contributed by atoms with Gasteiger partial charge in [-0.05, 0) is 57.3 Å². The van der Waals surface area contributed by atoms with Crippen LogP contribution in [0.2, 0.25) is 0 Å². The average Bonchev–Trinajstić information content (AvgIpc) is 3.46. The SMILES string of the molecule is CC(=O)OC(C)C(=O)NCc1cccc(-c2cccc(C3OC(CSc4nnnn4C)CC(c4ccc(CO)cc4)O3)c2)c1. The zero-order chi connectivity index (χ0) is 31.1. The third-order valence-electron chi connectivity index (χ3n) is 7.19. The quantitative estimate of drug-likeness (QED) is 0.185. The molecule has 0 bridgehead atoms. The summed E-state index contributed by atoms with van der Waals surface area (Å²) >= 11 is 1.53. The molecular weight excluding hydrogens is 582 g/mol. The molecule has 1 fully saturated rings. The number of carbonyl (C=O) groups is 2. The molecule has 0 aliphatic carbocycles. The Labute approximate surface area is 259 Å². The van der Waals surface area contributed by atoms with E-state index in [9.17, 15) is 14.7 Å². The standard InChI is InChI=1S/C32H35N5O6S/c1-20(41-21(2)39)30(40)33-17-23-6-4-7-25(14-23)26-8-5-9-27(15-26)31-42-28(19-44-32-34-35-36-37(32)3)16-29(43-31)24-12-10-22(18-38)11-13-24/h4-15,20,28-29,31,38H,16-19H2,1-3H3,(H,33,40). The summed E-state index contributed by atoms with van der Waals surface area (Å²) in [6.45, 7) is 3.09. The fourth-order valence-electron chi connectivity index (χ4n) is 4.89. The Morgan fingerprint density at radius 2 is 1.80 bits per heavy atom. The Morgan fingerprint density at radius 1 is 1.05 bits per heavy atom. The molecule has 0 saturated carbocycles. The summed E-state index contributed by atoms with van der Waals surface area (Å²) in [6.07, 6.45) is -1.17. The second kappa shape index (κ2) is 14.6. The monoisotopic (exact) mass is 617 g/mol. The lowest BCUT2D eigenvalue weighted by Gasteiger charge is -2.36. The van der Waals surface area contributed by atoms with Gasteiger partial charge in [0.15, 0.2) is 12.4 Å². The molecule has 2 heterocycles. The summed E-state index contributed by atoms with van der Waals surface area (Å²) in [5, 5.41) is 24.7. The molecule has 1 saturated heterocycles. The van der Waals surface area contributed by atoms with Gasteiger partial charge in [-0.2, -0.15) is 0 Å². The Kier molecular flexibility index (Phi) is 10.4. The Balaban J connectivity index is 1.33. The van der Waals surface area contributed by atoms with Crippen molar-refractivity contribution < 1.29 is 28.9 Å². The van der Waals surface area contributed by atoms with Crippen molar-refractivity contribution in [3.05, 3.63) is 95.1 Å². The second-order valence-electron chi connectivity index (χ2n) is 10.5. The van der Waals surface area contributed by atoms with Crippen LogP contribution < -0.4 is 5.32 Å². The molecule has 4 unspecified atom stereocenters. The van der Waals surface area contributed by atoms with Crippen molar-refractivity contribution in [2.45, 2.75) is 63.2 Å². The first-order valence-corrected chi connectivity index (χ1v) is 15.3. The highest BCUT2D eigenvalue weighted by Gasteiger charge is 2.32. The topological polar surface area (TPSA) is 138 Å². The van der Waals surface area contributed by atoms with Crippen LogP contribution in [0.1, 0.15) is 54.9 Å². The third-order valence-corrected chi connectivity index (χ3v) is 8.33. The number of aromatic nitrogens is 4. The molecule has 11 nitrogen and oxygen atoms in total. The summed E-state index contributed by atoms with van der Waals surface area (Å²) in [6, 6.07) is 23.7. The molecule has 4 atom stereocenters. The van der Waals surface area contributed by atoms with Gasteiger partial charge in [0, 0.05) is 38.3 Å². The van der Waals surface area contributed by atoms with E-state index in [2.05, 4.69) is 26.9 Å². The van der Waals surface area contributed by atoms with Crippen molar-refractivity contribution in [2.24, 2.45) is 7.05 Å². The number of hydrogen-bond acceptors (Lipinski definition) is 10.